The zero-order chi connectivity index (χ0) is 16.4. The maximum Gasteiger partial charge on any atom is 0.251 e. The number of aldehydes is 1. The first-order valence-corrected chi connectivity index (χ1v) is 7.79. The van der Waals surface area contributed by atoms with Crippen LogP contribution in [0.1, 0.15) is 46.0 Å². The van der Waals surface area contributed by atoms with Crippen LogP contribution in [0, 0.1) is 6.92 Å². The number of carbonyl (C=O) groups is 2. The summed E-state index contributed by atoms with van der Waals surface area (Å²) in [5.74, 6) is -0.156. The van der Waals surface area contributed by atoms with Crippen LogP contribution in [0.4, 0.5) is 0 Å². The van der Waals surface area contributed by atoms with Crippen LogP contribution in [-0.4, -0.2) is 55.0 Å². The Morgan fingerprint density at radius 3 is 2.68 bits per heavy atom. The Kier molecular flexibility index (Phi) is 8.40. The van der Waals surface area contributed by atoms with E-state index < -0.39 is 0 Å². The lowest BCUT2D eigenvalue weighted by molar-refractivity contribution is 0.0950. The van der Waals surface area contributed by atoms with Gasteiger partial charge in [-0.05, 0) is 56.6 Å². The lowest BCUT2D eigenvalue weighted by atomic mass is 10.1. The number of hydrogen-bond acceptors (Lipinski definition) is 4. The van der Waals surface area contributed by atoms with Gasteiger partial charge < -0.3 is 15.3 Å². The van der Waals surface area contributed by atoms with E-state index in [0.29, 0.717) is 24.2 Å². The van der Waals surface area contributed by atoms with Crippen LogP contribution in [0.25, 0.3) is 0 Å². The van der Waals surface area contributed by atoms with Crippen LogP contribution >= 0.6 is 0 Å². The summed E-state index contributed by atoms with van der Waals surface area (Å²) >= 11 is 0. The number of aryl methyl sites for hydroxylation is 1. The van der Waals surface area contributed by atoms with Gasteiger partial charge in [0.15, 0.2) is 0 Å². The summed E-state index contributed by atoms with van der Waals surface area (Å²) in [5.41, 5.74) is 1.93. The molecule has 0 unspecified atom stereocenters. The highest BCUT2D eigenvalue weighted by Crippen LogP contribution is 2.08. The molecule has 0 spiro atoms. The molecule has 0 fully saturated rings. The molecule has 22 heavy (non-hydrogen) atoms. The monoisotopic (exact) mass is 306 g/mol. The first kappa shape index (κ1) is 18.3. The molecule has 0 heterocycles. The summed E-state index contributed by atoms with van der Waals surface area (Å²) in [7, 11) is 0. The second kappa shape index (κ2) is 10.1. The van der Waals surface area contributed by atoms with Gasteiger partial charge in [-0.15, -0.1) is 0 Å². The summed E-state index contributed by atoms with van der Waals surface area (Å²) in [6, 6.07) is 5.13. The summed E-state index contributed by atoms with van der Waals surface area (Å²) < 4.78 is 0. The number of rotatable bonds is 10. The summed E-state index contributed by atoms with van der Waals surface area (Å²) in [4.78, 5) is 25.1. The normalized spacial score (nSPS) is 10.7. The Hall–Kier alpha value is -1.72. The predicted molar refractivity (Wildman–Crippen MR) is 87.3 cm³/mol. The van der Waals surface area contributed by atoms with Crippen molar-refractivity contribution in [1.29, 1.82) is 0 Å². The number of nitrogens with one attached hydrogen (secondary N) is 1. The zero-order valence-corrected chi connectivity index (χ0v) is 13.5. The summed E-state index contributed by atoms with van der Waals surface area (Å²) in [6.07, 6.45) is 2.63. The Morgan fingerprint density at radius 2 is 2.05 bits per heavy atom. The van der Waals surface area contributed by atoms with Crippen molar-refractivity contribution >= 4 is 12.2 Å². The van der Waals surface area contributed by atoms with Gasteiger partial charge in [0.1, 0.15) is 6.29 Å². The maximum atomic E-state index is 12.1. The molecular formula is C17H26N2O3. The third kappa shape index (κ3) is 6.37. The number of nitrogens with zero attached hydrogens (tertiary/aromatic N) is 1. The molecule has 0 radical (unpaired) electrons. The predicted octanol–water partition coefficient (Wildman–Crippen LogP) is 1.63. The minimum absolute atomic E-state index is 0.156. The molecule has 1 aromatic carbocycles. The number of amides is 1. The van der Waals surface area contributed by atoms with Crippen LogP contribution in [0.15, 0.2) is 18.2 Å². The maximum absolute atomic E-state index is 12.1. The van der Waals surface area contributed by atoms with Gasteiger partial charge in [-0.1, -0.05) is 6.92 Å². The summed E-state index contributed by atoms with van der Waals surface area (Å²) in [5, 5.41) is 11.9. The van der Waals surface area contributed by atoms with E-state index in [2.05, 4.69) is 17.1 Å². The molecule has 122 valence electrons. The van der Waals surface area contributed by atoms with Gasteiger partial charge in [-0.3, -0.25) is 9.59 Å². The van der Waals surface area contributed by atoms with E-state index in [-0.39, 0.29) is 12.5 Å². The van der Waals surface area contributed by atoms with E-state index >= 15 is 0 Å². The van der Waals surface area contributed by atoms with E-state index in [1.54, 1.807) is 18.2 Å². The topological polar surface area (TPSA) is 69.6 Å². The first-order valence-electron chi connectivity index (χ1n) is 7.79. The quantitative estimate of drug-likeness (QED) is 0.509. The second-order valence-electron chi connectivity index (χ2n) is 5.42. The van der Waals surface area contributed by atoms with Crippen molar-refractivity contribution in [3.63, 3.8) is 0 Å². The van der Waals surface area contributed by atoms with Crippen molar-refractivity contribution in [2.24, 2.45) is 0 Å². The van der Waals surface area contributed by atoms with Gasteiger partial charge in [0, 0.05) is 24.2 Å². The van der Waals surface area contributed by atoms with Gasteiger partial charge in [0.2, 0.25) is 0 Å². The van der Waals surface area contributed by atoms with Gasteiger partial charge in [0.25, 0.3) is 5.91 Å². The van der Waals surface area contributed by atoms with Crippen molar-refractivity contribution in [3.8, 4) is 0 Å². The van der Waals surface area contributed by atoms with Gasteiger partial charge in [0.05, 0.1) is 6.61 Å². The van der Waals surface area contributed by atoms with Crippen LogP contribution < -0.4 is 5.32 Å². The van der Waals surface area contributed by atoms with Crippen LogP contribution in [0.2, 0.25) is 0 Å². The average molecular weight is 306 g/mol. The SMILES string of the molecule is CCCN(CCO)CCCNC(=O)c1cc(C)cc(C=O)c1. The van der Waals surface area contributed by atoms with Gasteiger partial charge in [-0.2, -0.15) is 0 Å². The molecule has 0 saturated heterocycles. The molecule has 0 saturated carbocycles. The highest BCUT2D eigenvalue weighted by atomic mass is 16.3. The molecule has 0 atom stereocenters. The van der Waals surface area contributed by atoms with Crippen LogP contribution in [0.3, 0.4) is 0 Å². The fourth-order valence-corrected chi connectivity index (χ4v) is 2.41. The molecule has 0 bridgehead atoms. The molecular weight excluding hydrogens is 280 g/mol. The standard InChI is InChI=1S/C17H26N2O3/c1-3-6-19(8-9-20)7-4-5-18-17(22)16-11-14(2)10-15(12-16)13-21/h10-13,20H,3-9H2,1-2H3,(H,18,22). The molecule has 1 amide bonds. The fourth-order valence-electron chi connectivity index (χ4n) is 2.41. The van der Waals surface area contributed by atoms with Gasteiger partial charge in [-0.25, -0.2) is 0 Å². The van der Waals surface area contributed by atoms with E-state index in [0.717, 1.165) is 37.8 Å². The molecule has 0 aliphatic heterocycles. The number of carbonyl (C=O) groups excluding carboxylic acids is 2. The Bertz CT molecular complexity index is 483. The fraction of sp³-hybridized carbons (Fsp3) is 0.529. The Labute approximate surface area is 132 Å². The second-order valence-corrected chi connectivity index (χ2v) is 5.42. The van der Waals surface area contributed by atoms with E-state index in [1.165, 1.54) is 0 Å². The van der Waals surface area contributed by atoms with Crippen molar-refractivity contribution in [3.05, 3.63) is 34.9 Å². The lowest BCUT2D eigenvalue weighted by Gasteiger charge is -2.20. The molecule has 5 heteroatoms. The largest absolute Gasteiger partial charge is 0.395 e. The molecule has 0 aliphatic carbocycles. The third-order valence-electron chi connectivity index (χ3n) is 3.39. The van der Waals surface area contributed by atoms with Gasteiger partial charge >= 0.3 is 0 Å². The highest BCUT2D eigenvalue weighted by molar-refractivity contribution is 5.96. The third-order valence-corrected chi connectivity index (χ3v) is 3.39. The van der Waals surface area contributed by atoms with Crippen LogP contribution in [-0.2, 0) is 0 Å². The minimum atomic E-state index is -0.156. The summed E-state index contributed by atoms with van der Waals surface area (Å²) in [6.45, 7) is 7.17. The Morgan fingerprint density at radius 1 is 1.27 bits per heavy atom. The molecule has 0 aliphatic rings. The zero-order valence-electron chi connectivity index (χ0n) is 13.5. The van der Waals surface area contributed by atoms with Crippen molar-refractivity contribution < 1.29 is 14.7 Å². The lowest BCUT2D eigenvalue weighted by Crippen LogP contribution is -2.32. The highest BCUT2D eigenvalue weighted by Gasteiger charge is 2.08. The van der Waals surface area contributed by atoms with Crippen molar-refractivity contribution in [1.82, 2.24) is 10.2 Å². The number of aliphatic hydroxyl groups excluding tert-OH is 1. The first-order chi connectivity index (χ1) is 10.6. The molecule has 2 N–H and O–H groups in total. The molecule has 1 aromatic rings. The van der Waals surface area contributed by atoms with Crippen molar-refractivity contribution in [2.45, 2.75) is 26.7 Å². The van der Waals surface area contributed by atoms with E-state index in [1.807, 2.05) is 6.92 Å². The minimum Gasteiger partial charge on any atom is -0.395 e. The average Bonchev–Trinajstić information content (AvgIpc) is 2.51. The van der Waals surface area contributed by atoms with E-state index in [4.69, 9.17) is 5.11 Å². The smallest absolute Gasteiger partial charge is 0.251 e. The number of benzene rings is 1. The number of aliphatic hydroxyl groups is 1. The van der Waals surface area contributed by atoms with Crippen LogP contribution in [0.5, 0.6) is 0 Å². The Balaban J connectivity index is 2.42. The van der Waals surface area contributed by atoms with E-state index in [9.17, 15) is 9.59 Å². The molecule has 5 nitrogen and oxygen atoms in total. The molecule has 0 aromatic heterocycles. The van der Waals surface area contributed by atoms with Crippen molar-refractivity contribution in [2.75, 3.05) is 32.8 Å². The number of hydrogen-bond donors (Lipinski definition) is 2. The molecule has 1 rings (SSSR count).